The fourth-order valence-corrected chi connectivity index (χ4v) is 0.960. The molecule has 0 N–H and O–H groups in total. The van der Waals surface area contributed by atoms with Gasteiger partial charge in [0.15, 0.2) is 6.10 Å². The average molecular weight is 170 g/mol. The third-order valence-corrected chi connectivity index (χ3v) is 1.53. The van der Waals surface area contributed by atoms with Gasteiger partial charge < -0.3 is 9.47 Å². The molecule has 4 heteroatoms. The molecule has 0 aliphatic carbocycles. The Bertz CT molecular complexity index is 231. The van der Waals surface area contributed by atoms with Crippen molar-refractivity contribution in [2.24, 2.45) is 0 Å². The number of carbonyl (C=O) groups excluding carboxylic acids is 2. The lowest BCUT2D eigenvalue weighted by atomic mass is 10.1. The van der Waals surface area contributed by atoms with Crippen molar-refractivity contribution >= 4 is 11.8 Å². The smallest absolute Gasteiger partial charge is 0.303 e. The van der Waals surface area contributed by atoms with Crippen molar-refractivity contribution in [3.63, 3.8) is 0 Å². The lowest BCUT2D eigenvalue weighted by Crippen LogP contribution is -2.38. The largest absolute Gasteiger partial charge is 0.494 e. The van der Waals surface area contributed by atoms with Gasteiger partial charge in [0, 0.05) is 13.0 Å². The van der Waals surface area contributed by atoms with Crippen LogP contribution in [-0.2, 0) is 19.1 Å². The molecule has 66 valence electrons. The molecule has 0 aromatic rings. The minimum absolute atomic E-state index is 0.232. The van der Waals surface area contributed by atoms with Gasteiger partial charge in [-0.3, -0.25) is 9.59 Å². The van der Waals surface area contributed by atoms with Crippen LogP contribution in [0.15, 0.2) is 12.3 Å². The van der Waals surface area contributed by atoms with Crippen LogP contribution in [0.3, 0.4) is 0 Å². The van der Waals surface area contributed by atoms with Crippen molar-refractivity contribution in [1.82, 2.24) is 0 Å². The van der Waals surface area contributed by atoms with Crippen LogP contribution < -0.4 is 0 Å². The van der Waals surface area contributed by atoms with E-state index in [1.165, 1.54) is 19.3 Å². The Morgan fingerprint density at radius 3 is 2.83 bits per heavy atom. The highest BCUT2D eigenvalue weighted by atomic mass is 16.6. The van der Waals surface area contributed by atoms with Crippen molar-refractivity contribution in [3.05, 3.63) is 12.3 Å². The molecule has 0 unspecified atom stereocenters. The van der Waals surface area contributed by atoms with Gasteiger partial charge in [-0.1, -0.05) is 0 Å². The van der Waals surface area contributed by atoms with Gasteiger partial charge in [0.2, 0.25) is 5.78 Å². The molecule has 1 heterocycles. The summed E-state index contributed by atoms with van der Waals surface area (Å²) in [7, 11) is 0. The summed E-state index contributed by atoms with van der Waals surface area (Å²) in [6.07, 6.45) is 1.39. The van der Waals surface area contributed by atoms with E-state index in [2.05, 4.69) is 0 Å². The van der Waals surface area contributed by atoms with Crippen molar-refractivity contribution in [3.8, 4) is 0 Å². The first kappa shape index (κ1) is 8.77. The van der Waals surface area contributed by atoms with Crippen LogP contribution in [0.25, 0.3) is 0 Å². The number of rotatable bonds is 1. The predicted molar refractivity (Wildman–Crippen MR) is 40.2 cm³/mol. The quantitative estimate of drug-likeness (QED) is 0.535. The van der Waals surface area contributed by atoms with Crippen molar-refractivity contribution < 1.29 is 19.1 Å². The maximum atomic E-state index is 11.1. The molecule has 4 nitrogen and oxygen atoms in total. The van der Waals surface area contributed by atoms with E-state index in [0.29, 0.717) is 0 Å². The first-order chi connectivity index (χ1) is 5.61. The number of carbonyl (C=O) groups is 2. The topological polar surface area (TPSA) is 52.6 Å². The summed E-state index contributed by atoms with van der Waals surface area (Å²) in [5.41, 5.74) is 0. The summed E-state index contributed by atoms with van der Waals surface area (Å²) in [4.78, 5) is 21.6. The van der Waals surface area contributed by atoms with E-state index in [0.717, 1.165) is 0 Å². The van der Waals surface area contributed by atoms with E-state index < -0.39 is 18.2 Å². The third kappa shape index (κ3) is 1.84. The number of hydrogen-bond acceptors (Lipinski definition) is 4. The average Bonchev–Trinajstić information content (AvgIpc) is 1.97. The molecule has 0 aromatic carbocycles. The highest BCUT2D eigenvalue weighted by Crippen LogP contribution is 2.11. The van der Waals surface area contributed by atoms with Gasteiger partial charge in [-0.15, -0.1) is 0 Å². The summed E-state index contributed by atoms with van der Waals surface area (Å²) in [6, 6.07) is 0. The van der Waals surface area contributed by atoms with Gasteiger partial charge in [-0.05, 0) is 6.92 Å². The zero-order valence-corrected chi connectivity index (χ0v) is 6.94. The van der Waals surface area contributed by atoms with Crippen LogP contribution in [0.4, 0.5) is 0 Å². The minimum Gasteiger partial charge on any atom is -0.494 e. The second-order valence-corrected chi connectivity index (χ2v) is 2.58. The number of ether oxygens (including phenoxy) is 2. The van der Waals surface area contributed by atoms with Gasteiger partial charge in [-0.2, -0.15) is 0 Å². The fraction of sp³-hybridized carbons (Fsp3) is 0.500. The van der Waals surface area contributed by atoms with E-state index in [4.69, 9.17) is 9.47 Å². The van der Waals surface area contributed by atoms with Crippen LogP contribution >= 0.6 is 0 Å². The molecule has 0 aromatic heterocycles. The number of ketones is 1. The first-order valence-electron chi connectivity index (χ1n) is 3.64. The molecule has 0 bridgehead atoms. The highest BCUT2D eigenvalue weighted by molar-refractivity contribution is 5.95. The molecule has 0 saturated heterocycles. The Hall–Kier alpha value is -1.32. The van der Waals surface area contributed by atoms with Crippen LogP contribution in [0.5, 0.6) is 0 Å². The molecular weight excluding hydrogens is 160 g/mol. The van der Waals surface area contributed by atoms with E-state index in [-0.39, 0.29) is 5.78 Å². The Kier molecular flexibility index (Phi) is 2.47. The lowest BCUT2D eigenvalue weighted by molar-refractivity contribution is -0.159. The molecule has 1 aliphatic heterocycles. The molecule has 1 aliphatic rings. The molecular formula is C8H10O4. The Morgan fingerprint density at radius 2 is 2.33 bits per heavy atom. The summed E-state index contributed by atoms with van der Waals surface area (Å²) in [6.45, 7) is 2.94. The van der Waals surface area contributed by atoms with Gasteiger partial charge >= 0.3 is 5.97 Å². The second-order valence-electron chi connectivity index (χ2n) is 2.58. The van der Waals surface area contributed by atoms with Crippen LogP contribution in [0, 0.1) is 0 Å². The Balaban J connectivity index is 2.66. The second kappa shape index (κ2) is 3.38. The fourth-order valence-electron chi connectivity index (χ4n) is 0.960. The third-order valence-electron chi connectivity index (χ3n) is 1.53. The molecule has 0 saturated carbocycles. The molecule has 1 rings (SSSR count). The first-order valence-corrected chi connectivity index (χ1v) is 3.64. The SMILES string of the molecule is CC(=O)O[C@H]1C(=O)C=CO[C@H]1C. The molecule has 0 radical (unpaired) electrons. The normalized spacial score (nSPS) is 28.0. The van der Waals surface area contributed by atoms with Gasteiger partial charge in [0.25, 0.3) is 0 Å². The highest BCUT2D eigenvalue weighted by Gasteiger charge is 2.29. The van der Waals surface area contributed by atoms with Crippen LogP contribution in [0.1, 0.15) is 13.8 Å². The minimum atomic E-state index is -0.785. The van der Waals surface area contributed by atoms with Crippen molar-refractivity contribution in [2.45, 2.75) is 26.1 Å². The van der Waals surface area contributed by atoms with Crippen LogP contribution in [0.2, 0.25) is 0 Å². The standard InChI is InChI=1S/C8H10O4/c1-5-8(12-6(2)9)7(10)3-4-11-5/h3-5,8H,1-2H3/t5-,8+/m0/s1. The summed E-state index contributed by atoms with van der Waals surface area (Å²) >= 11 is 0. The van der Waals surface area contributed by atoms with E-state index >= 15 is 0 Å². The molecule has 0 spiro atoms. The van der Waals surface area contributed by atoms with Gasteiger partial charge in [-0.25, -0.2) is 0 Å². The number of hydrogen-bond donors (Lipinski definition) is 0. The predicted octanol–water partition coefficient (Wildman–Crippen LogP) is 0.420. The van der Waals surface area contributed by atoms with E-state index in [1.807, 2.05) is 0 Å². The van der Waals surface area contributed by atoms with Gasteiger partial charge in [0.05, 0.1) is 6.26 Å². The zero-order chi connectivity index (χ0) is 9.14. The zero-order valence-electron chi connectivity index (χ0n) is 6.94. The van der Waals surface area contributed by atoms with Gasteiger partial charge in [0.1, 0.15) is 6.10 Å². The molecule has 0 fully saturated rings. The molecule has 2 atom stereocenters. The van der Waals surface area contributed by atoms with E-state index in [1.54, 1.807) is 6.92 Å². The summed E-state index contributed by atoms with van der Waals surface area (Å²) < 4.78 is 9.73. The summed E-state index contributed by atoms with van der Waals surface area (Å²) in [5.74, 6) is -0.706. The van der Waals surface area contributed by atoms with Crippen molar-refractivity contribution in [1.29, 1.82) is 0 Å². The summed E-state index contributed by atoms with van der Waals surface area (Å²) in [5, 5.41) is 0. The molecule has 0 amide bonds. The monoisotopic (exact) mass is 170 g/mol. The Morgan fingerprint density at radius 1 is 1.67 bits per heavy atom. The Labute approximate surface area is 70.1 Å². The van der Waals surface area contributed by atoms with E-state index in [9.17, 15) is 9.59 Å². The van der Waals surface area contributed by atoms with Crippen molar-refractivity contribution in [2.75, 3.05) is 0 Å². The number of esters is 1. The molecule has 12 heavy (non-hydrogen) atoms. The maximum Gasteiger partial charge on any atom is 0.303 e. The van der Waals surface area contributed by atoms with Crippen LogP contribution in [-0.4, -0.2) is 24.0 Å². The maximum absolute atomic E-state index is 11.1. The lowest BCUT2D eigenvalue weighted by Gasteiger charge is -2.23.